The monoisotopic (exact) mass is 479 g/mol. The van der Waals surface area contributed by atoms with Crippen molar-refractivity contribution in [1.29, 1.82) is 0 Å². The van der Waals surface area contributed by atoms with Gasteiger partial charge >= 0.3 is 0 Å². The highest BCUT2D eigenvalue weighted by Gasteiger charge is 2.19. The second-order valence-corrected chi connectivity index (χ2v) is 9.04. The molecule has 0 unspecified atom stereocenters. The van der Waals surface area contributed by atoms with Crippen LogP contribution in [0.25, 0.3) is 16.9 Å². The molecule has 5 rings (SSSR count). The normalized spacial score (nSPS) is 11.5. The lowest BCUT2D eigenvalue weighted by Gasteiger charge is -2.07. The van der Waals surface area contributed by atoms with Gasteiger partial charge in [-0.15, -0.1) is 0 Å². The Hall–Kier alpha value is -4.16. The summed E-state index contributed by atoms with van der Waals surface area (Å²) in [5.74, 6) is -0.359. The fourth-order valence-electron chi connectivity index (χ4n) is 3.85. The summed E-state index contributed by atoms with van der Waals surface area (Å²) >= 11 is 1.63. The molecule has 172 valence electrons. The molecule has 0 atom stereocenters. The Morgan fingerprint density at radius 1 is 0.829 bits per heavy atom. The molecule has 0 aliphatic rings. The first kappa shape index (κ1) is 22.6. The molecule has 1 heterocycles. The van der Waals surface area contributed by atoms with E-state index in [1.807, 2.05) is 79.7 Å². The number of nitrogens with one attached hydrogen (secondary N) is 1. The summed E-state index contributed by atoms with van der Waals surface area (Å²) < 4.78 is 14.9. The fraction of sp³-hybridized carbons (Fsp3) is 0.0345. The van der Waals surface area contributed by atoms with Gasteiger partial charge in [0, 0.05) is 15.4 Å². The van der Waals surface area contributed by atoms with Crippen LogP contribution in [0.4, 0.5) is 10.1 Å². The molecule has 0 saturated carbocycles. The number of halogens is 1. The maximum Gasteiger partial charge on any atom is 0.280 e. The highest BCUT2D eigenvalue weighted by Crippen LogP contribution is 2.35. The summed E-state index contributed by atoms with van der Waals surface area (Å²) in [6.07, 6.45) is 0. The topological polar surface area (TPSA) is 50.1 Å². The van der Waals surface area contributed by atoms with Crippen LogP contribution in [-0.4, -0.2) is 15.5 Å². The van der Waals surface area contributed by atoms with Crippen LogP contribution in [-0.2, 0) is 0 Å². The Kier molecular flexibility index (Phi) is 6.46. The lowest BCUT2D eigenvalue weighted by molar-refractivity contribution is 0.627. The maximum absolute atomic E-state index is 13.6. The van der Waals surface area contributed by atoms with E-state index in [0.717, 1.165) is 21.0 Å². The lowest BCUT2D eigenvalue weighted by atomic mass is 10.1. The van der Waals surface area contributed by atoms with Crippen molar-refractivity contribution >= 4 is 23.2 Å². The molecular weight excluding hydrogens is 457 g/mol. The zero-order chi connectivity index (χ0) is 24.2. The molecule has 35 heavy (non-hydrogen) atoms. The Morgan fingerprint density at radius 3 is 2.17 bits per heavy atom. The quantitative estimate of drug-likeness (QED) is 0.261. The van der Waals surface area contributed by atoms with E-state index in [1.54, 1.807) is 23.9 Å². The Balaban J connectivity index is 1.63. The predicted molar refractivity (Wildman–Crippen MR) is 141 cm³/mol. The van der Waals surface area contributed by atoms with Crippen molar-refractivity contribution in [2.75, 3.05) is 0 Å². The van der Waals surface area contributed by atoms with Gasteiger partial charge in [0.1, 0.15) is 5.82 Å². The molecule has 0 amide bonds. The van der Waals surface area contributed by atoms with Gasteiger partial charge in [-0.3, -0.25) is 14.9 Å². The first-order valence-electron chi connectivity index (χ1n) is 11.1. The molecule has 6 heteroatoms. The smallest absolute Gasteiger partial charge is 0.280 e. The van der Waals surface area contributed by atoms with E-state index in [-0.39, 0.29) is 11.4 Å². The molecule has 0 fully saturated rings. The van der Waals surface area contributed by atoms with Gasteiger partial charge in [0.25, 0.3) is 5.56 Å². The Bertz CT molecular complexity index is 1540. The van der Waals surface area contributed by atoms with E-state index in [1.165, 1.54) is 16.8 Å². The second kappa shape index (κ2) is 9.99. The minimum absolute atomic E-state index is 0.245. The number of H-pyrrole nitrogens is 1. The highest BCUT2D eigenvalue weighted by atomic mass is 32.2. The highest BCUT2D eigenvalue weighted by molar-refractivity contribution is 7.99. The Labute approximate surface area is 206 Å². The van der Waals surface area contributed by atoms with E-state index in [2.05, 4.69) is 17.2 Å². The van der Waals surface area contributed by atoms with Gasteiger partial charge in [0.05, 0.1) is 28.3 Å². The minimum atomic E-state index is -0.359. The van der Waals surface area contributed by atoms with Gasteiger partial charge in [0.15, 0.2) is 0 Å². The summed E-state index contributed by atoms with van der Waals surface area (Å²) in [5, 5.41) is 3.22. The third-order valence-electron chi connectivity index (χ3n) is 5.52. The third kappa shape index (κ3) is 4.88. The Morgan fingerprint density at radius 2 is 1.46 bits per heavy atom. The number of aromatic nitrogens is 2. The summed E-state index contributed by atoms with van der Waals surface area (Å²) in [6.45, 7) is 1.84. The van der Waals surface area contributed by atoms with Crippen LogP contribution in [0, 0.1) is 5.82 Å². The molecule has 0 radical (unpaired) electrons. The number of aliphatic imine (C=N–C) groups is 1. The molecule has 5 aromatic rings. The SMILES string of the molecule is CC(=Nc1ccccc1Sc1ccccc1)c1c(-c2ccccc2)[nH]n(-c2ccc(F)cc2)c1=O. The molecule has 1 aromatic heterocycles. The van der Waals surface area contributed by atoms with Crippen molar-refractivity contribution in [1.82, 2.24) is 9.78 Å². The molecular formula is C29H22FN3OS. The number of para-hydroxylation sites is 1. The standard InChI is InChI=1S/C29H22FN3OS/c1-20(31-25-14-8-9-15-26(25)35-24-12-6-3-7-13-24)27-28(21-10-4-2-5-11-21)32-33(29(27)34)23-18-16-22(30)17-19-23/h2-19,32H,1H3. The molecule has 4 aromatic carbocycles. The van der Waals surface area contributed by atoms with Crippen LogP contribution in [0.1, 0.15) is 12.5 Å². The second-order valence-electron chi connectivity index (χ2n) is 7.92. The zero-order valence-corrected chi connectivity index (χ0v) is 19.8. The summed E-state index contributed by atoms with van der Waals surface area (Å²) in [7, 11) is 0. The lowest BCUT2D eigenvalue weighted by Crippen LogP contribution is -2.19. The predicted octanol–water partition coefficient (Wildman–Crippen LogP) is 7.26. The first-order chi connectivity index (χ1) is 17.1. The number of benzene rings is 4. The maximum atomic E-state index is 13.6. The summed E-state index contributed by atoms with van der Waals surface area (Å²) in [4.78, 5) is 20.6. The largest absolute Gasteiger partial charge is 0.290 e. The van der Waals surface area contributed by atoms with Crippen molar-refractivity contribution < 1.29 is 4.39 Å². The van der Waals surface area contributed by atoms with Gasteiger partial charge in [-0.1, -0.05) is 72.4 Å². The molecule has 0 aliphatic heterocycles. The molecule has 0 spiro atoms. The van der Waals surface area contributed by atoms with Gasteiger partial charge in [-0.25, -0.2) is 9.07 Å². The zero-order valence-electron chi connectivity index (χ0n) is 19.0. The summed E-state index contributed by atoms with van der Waals surface area (Å²) in [6, 6.07) is 33.5. The van der Waals surface area contributed by atoms with E-state index < -0.39 is 0 Å². The molecule has 0 bridgehead atoms. The van der Waals surface area contributed by atoms with Crippen molar-refractivity contribution in [2.45, 2.75) is 16.7 Å². The van der Waals surface area contributed by atoms with Crippen LogP contribution in [0.3, 0.4) is 0 Å². The van der Waals surface area contributed by atoms with E-state index >= 15 is 0 Å². The van der Waals surface area contributed by atoms with Crippen molar-refractivity contribution in [3.63, 3.8) is 0 Å². The minimum Gasteiger partial charge on any atom is -0.290 e. The van der Waals surface area contributed by atoms with Crippen LogP contribution >= 0.6 is 11.8 Å². The summed E-state index contributed by atoms with van der Waals surface area (Å²) in [5.41, 5.74) is 3.67. The fourth-order valence-corrected chi connectivity index (χ4v) is 4.76. The number of nitrogens with zero attached hydrogens (tertiary/aromatic N) is 2. The number of aromatic amines is 1. The van der Waals surface area contributed by atoms with Crippen molar-refractivity contribution in [3.8, 4) is 16.9 Å². The van der Waals surface area contributed by atoms with Crippen molar-refractivity contribution in [2.24, 2.45) is 4.99 Å². The van der Waals surface area contributed by atoms with Crippen molar-refractivity contribution in [3.05, 3.63) is 131 Å². The van der Waals surface area contributed by atoms with Crippen LogP contribution in [0.15, 0.2) is 129 Å². The first-order valence-corrected chi connectivity index (χ1v) is 12.0. The number of hydrogen-bond donors (Lipinski definition) is 1. The van der Waals surface area contributed by atoms with Gasteiger partial charge in [0.2, 0.25) is 0 Å². The van der Waals surface area contributed by atoms with E-state index in [9.17, 15) is 9.18 Å². The van der Waals surface area contributed by atoms with Gasteiger partial charge in [-0.2, -0.15) is 0 Å². The van der Waals surface area contributed by atoms with E-state index in [4.69, 9.17) is 4.99 Å². The van der Waals surface area contributed by atoms with Crippen LogP contribution < -0.4 is 5.56 Å². The molecule has 0 aliphatic carbocycles. The van der Waals surface area contributed by atoms with E-state index in [0.29, 0.717) is 22.7 Å². The van der Waals surface area contributed by atoms with Gasteiger partial charge < -0.3 is 0 Å². The van der Waals surface area contributed by atoms with Gasteiger partial charge in [-0.05, 0) is 55.5 Å². The average Bonchev–Trinajstić information content (AvgIpc) is 3.24. The number of hydrogen-bond acceptors (Lipinski definition) is 3. The molecule has 4 nitrogen and oxygen atoms in total. The molecule has 0 saturated heterocycles. The molecule has 1 N–H and O–H groups in total. The number of rotatable bonds is 6. The van der Waals surface area contributed by atoms with Crippen LogP contribution in [0.2, 0.25) is 0 Å². The third-order valence-corrected chi connectivity index (χ3v) is 6.60. The van der Waals surface area contributed by atoms with Crippen LogP contribution in [0.5, 0.6) is 0 Å². The average molecular weight is 480 g/mol.